The second-order valence-corrected chi connectivity index (χ2v) is 6.54. The summed E-state index contributed by atoms with van der Waals surface area (Å²) in [5, 5.41) is 7.74. The third-order valence-electron chi connectivity index (χ3n) is 2.97. The smallest absolute Gasteiger partial charge is 0.255 e. The van der Waals surface area contributed by atoms with Crippen molar-refractivity contribution in [2.45, 2.75) is 13.0 Å². The van der Waals surface area contributed by atoms with Crippen LogP contribution in [0.5, 0.6) is 0 Å². The number of halogens is 1. The van der Waals surface area contributed by atoms with Gasteiger partial charge in [-0.1, -0.05) is 0 Å². The van der Waals surface area contributed by atoms with E-state index in [0.29, 0.717) is 31.7 Å². The summed E-state index contributed by atoms with van der Waals surface area (Å²) in [6, 6.07) is 1.36. The summed E-state index contributed by atoms with van der Waals surface area (Å²) in [5.41, 5.74) is 0.632. The van der Waals surface area contributed by atoms with E-state index in [-0.39, 0.29) is 11.8 Å². The minimum absolute atomic E-state index is 0.0836. The minimum Gasteiger partial charge on any atom is -0.355 e. The first-order chi connectivity index (χ1) is 9.13. The van der Waals surface area contributed by atoms with Crippen LogP contribution in [0.4, 0.5) is 0 Å². The quantitative estimate of drug-likeness (QED) is 0.861. The second-order valence-electron chi connectivity index (χ2n) is 4.25. The van der Waals surface area contributed by atoms with E-state index in [1.165, 1.54) is 11.3 Å². The molecule has 0 bridgehead atoms. The Balaban J connectivity index is 2.15. The fourth-order valence-corrected chi connectivity index (χ4v) is 3.19. The molecule has 0 aromatic carbocycles. The number of likely N-dealkylation sites (N-methyl/N-ethyl adjacent to an activating group) is 1. The molecule has 1 atom stereocenters. The van der Waals surface area contributed by atoms with Crippen LogP contribution in [-0.2, 0) is 4.79 Å². The first-order valence-electron chi connectivity index (χ1n) is 6.17. The third-order valence-corrected chi connectivity index (χ3v) is 4.48. The Morgan fingerprint density at radius 1 is 1.63 bits per heavy atom. The van der Waals surface area contributed by atoms with Crippen molar-refractivity contribution in [2.24, 2.45) is 0 Å². The van der Waals surface area contributed by atoms with Gasteiger partial charge in [0.2, 0.25) is 5.91 Å². The molecule has 0 saturated carbocycles. The van der Waals surface area contributed by atoms with Crippen LogP contribution in [0.2, 0.25) is 0 Å². The van der Waals surface area contributed by atoms with Gasteiger partial charge >= 0.3 is 0 Å². The molecule has 1 aromatic heterocycles. The zero-order valence-corrected chi connectivity index (χ0v) is 13.0. The number of nitrogens with one attached hydrogen (secondary N) is 2. The van der Waals surface area contributed by atoms with Crippen molar-refractivity contribution in [3.63, 3.8) is 0 Å². The van der Waals surface area contributed by atoms with Crippen molar-refractivity contribution < 1.29 is 9.59 Å². The van der Waals surface area contributed by atoms with Gasteiger partial charge in [0, 0.05) is 31.6 Å². The molecular weight excluding hydrogens is 330 g/mol. The number of thiophene rings is 1. The molecule has 1 fully saturated rings. The zero-order chi connectivity index (χ0) is 13.8. The largest absolute Gasteiger partial charge is 0.355 e. The molecule has 2 amide bonds. The standard InChI is InChI=1S/C12H16BrN3O2S/c1-2-15-11(17)9-6-14-3-4-16(9)12(18)8-5-10(13)19-7-8/h5,7,9,14H,2-4,6H2,1H3,(H,15,17). The van der Waals surface area contributed by atoms with Gasteiger partial charge in [-0.05, 0) is 28.9 Å². The Morgan fingerprint density at radius 3 is 3.05 bits per heavy atom. The van der Waals surface area contributed by atoms with E-state index in [9.17, 15) is 9.59 Å². The van der Waals surface area contributed by atoms with E-state index >= 15 is 0 Å². The average Bonchev–Trinajstić information content (AvgIpc) is 2.85. The van der Waals surface area contributed by atoms with Crippen molar-refractivity contribution in [1.82, 2.24) is 15.5 Å². The molecule has 1 saturated heterocycles. The summed E-state index contributed by atoms with van der Waals surface area (Å²) in [5.74, 6) is -0.183. The summed E-state index contributed by atoms with van der Waals surface area (Å²) in [4.78, 5) is 26.1. The molecule has 1 aliphatic heterocycles. The fraction of sp³-hybridized carbons (Fsp3) is 0.500. The maximum atomic E-state index is 12.4. The summed E-state index contributed by atoms with van der Waals surface area (Å²) < 4.78 is 0.917. The molecule has 1 unspecified atom stereocenters. The van der Waals surface area contributed by atoms with Crippen LogP contribution in [0.3, 0.4) is 0 Å². The van der Waals surface area contributed by atoms with Crippen molar-refractivity contribution in [1.29, 1.82) is 0 Å². The van der Waals surface area contributed by atoms with E-state index in [4.69, 9.17) is 0 Å². The number of carbonyl (C=O) groups excluding carboxylic acids is 2. The molecule has 0 radical (unpaired) electrons. The molecule has 0 aliphatic carbocycles. The maximum absolute atomic E-state index is 12.4. The summed E-state index contributed by atoms with van der Waals surface area (Å²) >= 11 is 4.82. The lowest BCUT2D eigenvalue weighted by molar-refractivity contribution is -0.126. The van der Waals surface area contributed by atoms with Crippen molar-refractivity contribution in [3.05, 3.63) is 20.8 Å². The van der Waals surface area contributed by atoms with Gasteiger partial charge < -0.3 is 15.5 Å². The van der Waals surface area contributed by atoms with Gasteiger partial charge in [-0.15, -0.1) is 11.3 Å². The predicted octanol–water partition coefficient (Wildman–Crippen LogP) is 1.06. The zero-order valence-electron chi connectivity index (χ0n) is 10.6. The molecule has 5 nitrogen and oxygen atoms in total. The number of carbonyl (C=O) groups is 2. The average molecular weight is 346 g/mol. The number of piperazine rings is 1. The van der Waals surface area contributed by atoms with Crippen LogP contribution in [0.1, 0.15) is 17.3 Å². The molecule has 104 valence electrons. The SMILES string of the molecule is CCNC(=O)C1CNCCN1C(=O)c1csc(Br)c1. The highest BCUT2D eigenvalue weighted by Gasteiger charge is 2.32. The number of nitrogens with zero attached hydrogens (tertiary/aromatic N) is 1. The molecule has 0 spiro atoms. The summed E-state index contributed by atoms with van der Waals surface area (Å²) in [6.07, 6.45) is 0. The third kappa shape index (κ3) is 3.34. The molecule has 2 rings (SSSR count). The monoisotopic (exact) mass is 345 g/mol. The van der Waals surface area contributed by atoms with Crippen LogP contribution in [0.25, 0.3) is 0 Å². The topological polar surface area (TPSA) is 61.4 Å². The van der Waals surface area contributed by atoms with E-state index in [1.54, 1.807) is 11.0 Å². The van der Waals surface area contributed by atoms with Gasteiger partial charge in [-0.25, -0.2) is 0 Å². The molecule has 19 heavy (non-hydrogen) atoms. The molecular formula is C12H16BrN3O2S. The van der Waals surface area contributed by atoms with E-state index in [2.05, 4.69) is 26.6 Å². The van der Waals surface area contributed by atoms with Crippen LogP contribution >= 0.6 is 27.3 Å². The normalized spacial score (nSPS) is 19.3. The van der Waals surface area contributed by atoms with Gasteiger partial charge in [-0.3, -0.25) is 9.59 Å². The predicted molar refractivity (Wildman–Crippen MR) is 78.4 cm³/mol. The van der Waals surface area contributed by atoms with Crippen molar-refractivity contribution in [3.8, 4) is 0 Å². The molecule has 2 N–H and O–H groups in total. The van der Waals surface area contributed by atoms with Crippen LogP contribution in [0.15, 0.2) is 15.2 Å². The highest BCUT2D eigenvalue weighted by molar-refractivity contribution is 9.11. The van der Waals surface area contributed by atoms with E-state index in [1.807, 2.05) is 12.3 Å². The molecule has 2 heterocycles. The molecule has 1 aliphatic rings. The molecule has 7 heteroatoms. The fourth-order valence-electron chi connectivity index (χ4n) is 2.06. The van der Waals surface area contributed by atoms with E-state index in [0.717, 1.165) is 3.79 Å². The lowest BCUT2D eigenvalue weighted by atomic mass is 10.1. The first-order valence-corrected chi connectivity index (χ1v) is 7.84. The van der Waals surface area contributed by atoms with Crippen molar-refractivity contribution in [2.75, 3.05) is 26.2 Å². The number of hydrogen-bond acceptors (Lipinski definition) is 4. The van der Waals surface area contributed by atoms with Gasteiger partial charge in [0.1, 0.15) is 6.04 Å². The van der Waals surface area contributed by atoms with Gasteiger partial charge in [0.05, 0.1) is 9.35 Å². The second kappa shape index (κ2) is 6.49. The van der Waals surface area contributed by atoms with Crippen LogP contribution in [-0.4, -0.2) is 48.9 Å². The number of amides is 2. The Labute approximate surface area is 124 Å². The summed E-state index contributed by atoms with van der Waals surface area (Å²) in [6.45, 7) is 4.21. The lowest BCUT2D eigenvalue weighted by Crippen LogP contribution is -2.59. The Kier molecular flexibility index (Phi) is 4.95. The minimum atomic E-state index is -0.431. The highest BCUT2D eigenvalue weighted by atomic mass is 79.9. The van der Waals surface area contributed by atoms with Crippen LogP contribution < -0.4 is 10.6 Å². The number of rotatable bonds is 3. The van der Waals surface area contributed by atoms with Crippen molar-refractivity contribution >= 4 is 39.1 Å². The van der Waals surface area contributed by atoms with Crippen LogP contribution in [0, 0.1) is 0 Å². The summed E-state index contributed by atoms with van der Waals surface area (Å²) in [7, 11) is 0. The number of hydrogen-bond donors (Lipinski definition) is 2. The lowest BCUT2D eigenvalue weighted by Gasteiger charge is -2.35. The maximum Gasteiger partial charge on any atom is 0.255 e. The van der Waals surface area contributed by atoms with E-state index < -0.39 is 6.04 Å². The highest BCUT2D eigenvalue weighted by Crippen LogP contribution is 2.22. The molecule has 1 aromatic rings. The Morgan fingerprint density at radius 2 is 2.42 bits per heavy atom. The Hall–Kier alpha value is -0.920. The first kappa shape index (κ1) is 14.5. The van der Waals surface area contributed by atoms with Gasteiger partial charge in [-0.2, -0.15) is 0 Å². The van der Waals surface area contributed by atoms with Gasteiger partial charge in [0.15, 0.2) is 0 Å². The Bertz CT molecular complexity index is 477. The van der Waals surface area contributed by atoms with Gasteiger partial charge in [0.25, 0.3) is 5.91 Å².